The van der Waals surface area contributed by atoms with Crippen LogP contribution in [0.1, 0.15) is 19.8 Å². The highest BCUT2D eigenvalue weighted by molar-refractivity contribution is 7.84. The van der Waals surface area contributed by atoms with Crippen LogP contribution in [0, 0.1) is 5.92 Å². The lowest BCUT2D eigenvalue weighted by Crippen LogP contribution is -2.34. The van der Waals surface area contributed by atoms with Gasteiger partial charge in [0.2, 0.25) is 0 Å². The van der Waals surface area contributed by atoms with Crippen molar-refractivity contribution in [2.45, 2.75) is 25.8 Å². The molecular formula is C10H21NO2S. The minimum absolute atomic E-state index is 0.530. The van der Waals surface area contributed by atoms with Crippen molar-refractivity contribution < 1.29 is 8.95 Å². The maximum Gasteiger partial charge on any atom is 0.0509 e. The molecule has 0 amide bonds. The maximum atomic E-state index is 10.8. The Bertz CT molecular complexity index is 181. The molecule has 1 fully saturated rings. The van der Waals surface area contributed by atoms with E-state index >= 15 is 0 Å². The molecule has 0 bridgehead atoms. The van der Waals surface area contributed by atoms with Gasteiger partial charge in [0.1, 0.15) is 0 Å². The fraction of sp³-hybridized carbons (Fsp3) is 1.00. The molecule has 0 spiro atoms. The molecular weight excluding hydrogens is 198 g/mol. The van der Waals surface area contributed by atoms with E-state index in [0.717, 1.165) is 31.9 Å². The van der Waals surface area contributed by atoms with E-state index < -0.39 is 10.8 Å². The summed E-state index contributed by atoms with van der Waals surface area (Å²) < 4.78 is 16.1. The predicted molar refractivity (Wildman–Crippen MR) is 59.9 cm³/mol. The maximum absolute atomic E-state index is 10.8. The van der Waals surface area contributed by atoms with Crippen LogP contribution in [0.3, 0.4) is 0 Å². The molecule has 0 radical (unpaired) electrons. The number of rotatable bonds is 6. The fourth-order valence-corrected chi connectivity index (χ4v) is 2.27. The second-order valence-corrected chi connectivity index (χ2v) is 5.55. The van der Waals surface area contributed by atoms with Gasteiger partial charge >= 0.3 is 0 Å². The van der Waals surface area contributed by atoms with Crippen LogP contribution in [0.15, 0.2) is 0 Å². The van der Waals surface area contributed by atoms with Crippen molar-refractivity contribution in [2.24, 2.45) is 5.92 Å². The van der Waals surface area contributed by atoms with E-state index in [9.17, 15) is 4.21 Å². The molecule has 1 aliphatic rings. The fourth-order valence-electron chi connectivity index (χ4n) is 1.72. The highest BCUT2D eigenvalue weighted by Crippen LogP contribution is 2.16. The first-order valence-corrected chi connectivity index (χ1v) is 7.04. The van der Waals surface area contributed by atoms with Crippen molar-refractivity contribution >= 4 is 10.8 Å². The van der Waals surface area contributed by atoms with Crippen molar-refractivity contribution in [3.63, 3.8) is 0 Å². The van der Waals surface area contributed by atoms with E-state index in [1.165, 1.54) is 6.42 Å². The molecule has 0 aromatic rings. The van der Waals surface area contributed by atoms with Crippen molar-refractivity contribution in [2.75, 3.05) is 31.8 Å². The lowest BCUT2D eigenvalue weighted by atomic mass is 10.0. The van der Waals surface area contributed by atoms with Crippen molar-refractivity contribution in [3.05, 3.63) is 0 Å². The molecule has 0 aromatic carbocycles. The van der Waals surface area contributed by atoms with Crippen molar-refractivity contribution in [1.82, 2.24) is 5.32 Å². The van der Waals surface area contributed by atoms with Crippen LogP contribution < -0.4 is 5.32 Å². The van der Waals surface area contributed by atoms with Crippen molar-refractivity contribution in [1.29, 1.82) is 0 Å². The molecule has 0 aliphatic carbocycles. The third kappa shape index (κ3) is 4.53. The molecule has 1 N–H and O–H groups in total. The van der Waals surface area contributed by atoms with Crippen LogP contribution in [0.4, 0.5) is 0 Å². The second kappa shape index (κ2) is 6.53. The quantitative estimate of drug-likeness (QED) is 0.671. The Morgan fingerprint density at radius 1 is 1.64 bits per heavy atom. The summed E-state index contributed by atoms with van der Waals surface area (Å²) in [5.74, 6) is 1.48. The van der Waals surface area contributed by atoms with Gasteiger partial charge in [-0.05, 0) is 32.2 Å². The van der Waals surface area contributed by atoms with Crippen LogP contribution in [-0.2, 0) is 15.5 Å². The van der Waals surface area contributed by atoms with Crippen LogP contribution >= 0.6 is 0 Å². The standard InChI is InChI=1S/C10H21NO2S/c1-9(10-4-6-13-8-10)11-5-3-7-14(2)12/h9-11H,3-8H2,1-2H3. The Balaban J connectivity index is 2.02. The Kier molecular flexibility index (Phi) is 5.67. The molecule has 1 rings (SSSR count). The molecule has 84 valence electrons. The molecule has 3 atom stereocenters. The largest absolute Gasteiger partial charge is 0.381 e. The lowest BCUT2D eigenvalue weighted by molar-refractivity contribution is 0.178. The van der Waals surface area contributed by atoms with Crippen LogP contribution in [0.2, 0.25) is 0 Å². The molecule has 14 heavy (non-hydrogen) atoms. The van der Waals surface area contributed by atoms with Gasteiger partial charge < -0.3 is 10.1 Å². The molecule has 1 saturated heterocycles. The lowest BCUT2D eigenvalue weighted by Gasteiger charge is -2.18. The number of ether oxygens (including phenoxy) is 1. The minimum atomic E-state index is -0.647. The van der Waals surface area contributed by atoms with Gasteiger partial charge in [-0.3, -0.25) is 4.21 Å². The zero-order chi connectivity index (χ0) is 10.4. The zero-order valence-electron chi connectivity index (χ0n) is 9.12. The van der Waals surface area contributed by atoms with E-state index in [0.29, 0.717) is 12.0 Å². The molecule has 0 aromatic heterocycles. The Morgan fingerprint density at radius 2 is 2.43 bits per heavy atom. The highest BCUT2D eigenvalue weighted by atomic mass is 32.2. The molecule has 3 nitrogen and oxygen atoms in total. The predicted octanol–water partition coefficient (Wildman–Crippen LogP) is 0.770. The molecule has 3 unspecified atom stereocenters. The summed E-state index contributed by atoms with van der Waals surface area (Å²) in [6.07, 6.45) is 3.93. The summed E-state index contributed by atoms with van der Waals surface area (Å²) in [5, 5.41) is 3.47. The summed E-state index contributed by atoms with van der Waals surface area (Å²) in [7, 11) is -0.647. The molecule has 0 saturated carbocycles. The molecule has 1 heterocycles. The average molecular weight is 219 g/mol. The van der Waals surface area contributed by atoms with E-state index in [-0.39, 0.29) is 0 Å². The third-order valence-electron chi connectivity index (χ3n) is 2.75. The van der Waals surface area contributed by atoms with Gasteiger partial charge in [-0.15, -0.1) is 0 Å². The molecule has 4 heteroatoms. The zero-order valence-corrected chi connectivity index (χ0v) is 9.94. The van der Waals surface area contributed by atoms with Gasteiger partial charge in [-0.25, -0.2) is 0 Å². The minimum Gasteiger partial charge on any atom is -0.381 e. The normalized spacial score (nSPS) is 26.3. The smallest absolute Gasteiger partial charge is 0.0509 e. The summed E-state index contributed by atoms with van der Waals surface area (Å²) in [6.45, 7) is 4.99. The number of hydrogen-bond acceptors (Lipinski definition) is 3. The topological polar surface area (TPSA) is 38.3 Å². The monoisotopic (exact) mass is 219 g/mol. The van der Waals surface area contributed by atoms with Gasteiger partial charge in [-0.1, -0.05) is 0 Å². The van der Waals surface area contributed by atoms with Gasteiger partial charge in [0.15, 0.2) is 0 Å². The Hall–Kier alpha value is 0.0700. The number of nitrogens with one attached hydrogen (secondary N) is 1. The van der Waals surface area contributed by atoms with Crippen molar-refractivity contribution in [3.8, 4) is 0 Å². The summed E-state index contributed by atoms with van der Waals surface area (Å²) in [5.41, 5.74) is 0. The average Bonchev–Trinajstić information content (AvgIpc) is 2.64. The summed E-state index contributed by atoms with van der Waals surface area (Å²) in [4.78, 5) is 0. The van der Waals surface area contributed by atoms with E-state index in [2.05, 4.69) is 12.2 Å². The van der Waals surface area contributed by atoms with E-state index in [1.54, 1.807) is 6.26 Å². The Labute approximate surface area is 89.1 Å². The molecule has 1 aliphatic heterocycles. The summed E-state index contributed by atoms with van der Waals surface area (Å²) >= 11 is 0. The SMILES string of the molecule is CC(NCCCS(C)=O)C1CCOC1. The highest BCUT2D eigenvalue weighted by Gasteiger charge is 2.21. The third-order valence-corrected chi connectivity index (χ3v) is 3.61. The van der Waals surface area contributed by atoms with Gasteiger partial charge in [0, 0.05) is 35.5 Å². The first-order chi connectivity index (χ1) is 6.70. The van der Waals surface area contributed by atoms with Gasteiger partial charge in [0.25, 0.3) is 0 Å². The Morgan fingerprint density at radius 3 is 3.00 bits per heavy atom. The van der Waals surface area contributed by atoms with E-state index in [4.69, 9.17) is 4.74 Å². The van der Waals surface area contributed by atoms with E-state index in [1.807, 2.05) is 0 Å². The van der Waals surface area contributed by atoms with Gasteiger partial charge in [0.05, 0.1) is 6.61 Å². The van der Waals surface area contributed by atoms with Crippen LogP contribution in [0.5, 0.6) is 0 Å². The summed E-state index contributed by atoms with van der Waals surface area (Å²) in [6, 6.07) is 0.530. The van der Waals surface area contributed by atoms with Crippen LogP contribution in [-0.4, -0.2) is 42.0 Å². The first kappa shape index (κ1) is 12.1. The van der Waals surface area contributed by atoms with Crippen LogP contribution in [0.25, 0.3) is 0 Å². The first-order valence-electron chi connectivity index (χ1n) is 5.31. The van der Waals surface area contributed by atoms with Gasteiger partial charge in [-0.2, -0.15) is 0 Å². The number of hydrogen-bond donors (Lipinski definition) is 1. The second-order valence-electron chi connectivity index (χ2n) is 4.00.